The molecule has 4 rings (SSSR count). The zero-order valence-electron chi connectivity index (χ0n) is 12.3. The third-order valence-electron chi connectivity index (χ3n) is 3.58. The van der Waals surface area contributed by atoms with Crippen molar-refractivity contribution in [1.29, 1.82) is 0 Å². The van der Waals surface area contributed by atoms with Gasteiger partial charge in [0.2, 0.25) is 0 Å². The van der Waals surface area contributed by atoms with Crippen LogP contribution in [0.25, 0.3) is 34.3 Å². The second-order valence-electron chi connectivity index (χ2n) is 5.04. The molecule has 118 valence electrons. The first-order chi connectivity index (χ1) is 11.7. The normalized spacial score (nSPS) is 10.8. The molecule has 0 saturated heterocycles. The molecule has 7 heteroatoms. The van der Waals surface area contributed by atoms with Crippen LogP contribution in [0.15, 0.2) is 69.9 Å². The summed E-state index contributed by atoms with van der Waals surface area (Å²) in [5.74, 6) is 1.49. The molecule has 3 aromatic heterocycles. The number of aromatic nitrogens is 2. The van der Waals surface area contributed by atoms with Crippen LogP contribution in [0, 0.1) is 10.1 Å². The Labute approximate surface area is 135 Å². The van der Waals surface area contributed by atoms with E-state index in [9.17, 15) is 10.1 Å². The lowest BCUT2D eigenvalue weighted by Crippen LogP contribution is -1.92. The number of nitro groups is 1. The highest BCUT2D eigenvalue weighted by Gasteiger charge is 2.22. The number of hydrogen-bond donors (Lipinski definition) is 1. The molecular weight excluding hydrogens is 310 g/mol. The quantitative estimate of drug-likeness (QED) is 0.440. The standard InChI is InChI=1S/C17H11N3O4/c21-20(22)12-6-2-1-5-11(12)17-18-15(13-7-3-9-23-13)16(19-17)14-8-4-10-24-14/h1-10H,(H,18,19). The predicted octanol–water partition coefficient (Wildman–Crippen LogP) is 4.50. The summed E-state index contributed by atoms with van der Waals surface area (Å²) >= 11 is 0. The Morgan fingerprint density at radius 3 is 2.33 bits per heavy atom. The minimum Gasteiger partial charge on any atom is -0.463 e. The van der Waals surface area contributed by atoms with E-state index < -0.39 is 4.92 Å². The average molecular weight is 321 g/mol. The summed E-state index contributed by atoms with van der Waals surface area (Å²) in [6.07, 6.45) is 3.09. The zero-order valence-corrected chi connectivity index (χ0v) is 12.3. The number of rotatable bonds is 4. The van der Waals surface area contributed by atoms with Crippen molar-refractivity contribution in [2.75, 3.05) is 0 Å². The molecule has 0 aliphatic rings. The SMILES string of the molecule is O=[N+]([O-])c1ccccc1-c1nc(-c2ccco2)c(-c2ccco2)[nH]1. The van der Waals surface area contributed by atoms with Gasteiger partial charge in [-0.3, -0.25) is 10.1 Å². The van der Waals surface area contributed by atoms with Gasteiger partial charge in [-0.15, -0.1) is 0 Å². The van der Waals surface area contributed by atoms with Gasteiger partial charge in [0.25, 0.3) is 5.69 Å². The highest BCUT2D eigenvalue weighted by molar-refractivity contribution is 5.79. The third kappa shape index (κ3) is 2.28. The molecule has 0 fully saturated rings. The van der Waals surface area contributed by atoms with Crippen molar-refractivity contribution in [2.45, 2.75) is 0 Å². The van der Waals surface area contributed by atoms with E-state index in [4.69, 9.17) is 8.83 Å². The topological polar surface area (TPSA) is 98.1 Å². The van der Waals surface area contributed by atoms with E-state index in [1.807, 2.05) is 0 Å². The molecule has 0 amide bonds. The number of nitrogens with zero attached hydrogens (tertiary/aromatic N) is 2. The Bertz CT molecular complexity index is 933. The van der Waals surface area contributed by atoms with Crippen LogP contribution in [0.3, 0.4) is 0 Å². The fraction of sp³-hybridized carbons (Fsp3) is 0. The van der Waals surface area contributed by atoms with Gasteiger partial charge >= 0.3 is 0 Å². The highest BCUT2D eigenvalue weighted by atomic mass is 16.6. The van der Waals surface area contributed by atoms with Gasteiger partial charge in [-0.1, -0.05) is 12.1 Å². The van der Waals surface area contributed by atoms with E-state index in [0.29, 0.717) is 34.3 Å². The van der Waals surface area contributed by atoms with Crippen molar-refractivity contribution in [1.82, 2.24) is 9.97 Å². The van der Waals surface area contributed by atoms with Gasteiger partial charge in [-0.2, -0.15) is 0 Å². The summed E-state index contributed by atoms with van der Waals surface area (Å²) in [6, 6.07) is 13.5. The molecule has 24 heavy (non-hydrogen) atoms. The van der Waals surface area contributed by atoms with Gasteiger partial charge in [-0.05, 0) is 30.3 Å². The summed E-state index contributed by atoms with van der Waals surface area (Å²) in [5.41, 5.74) is 1.50. The summed E-state index contributed by atoms with van der Waals surface area (Å²) < 4.78 is 10.9. The Morgan fingerprint density at radius 2 is 1.67 bits per heavy atom. The molecule has 0 unspecified atom stereocenters. The smallest absolute Gasteiger partial charge is 0.280 e. The van der Waals surface area contributed by atoms with E-state index in [1.165, 1.54) is 6.07 Å². The summed E-state index contributed by atoms with van der Waals surface area (Å²) in [6.45, 7) is 0. The lowest BCUT2D eigenvalue weighted by molar-refractivity contribution is -0.384. The zero-order chi connectivity index (χ0) is 16.5. The van der Waals surface area contributed by atoms with Crippen molar-refractivity contribution < 1.29 is 13.8 Å². The molecule has 4 aromatic rings. The molecule has 7 nitrogen and oxygen atoms in total. The van der Waals surface area contributed by atoms with E-state index in [-0.39, 0.29) is 5.69 Å². The number of benzene rings is 1. The molecule has 1 N–H and O–H groups in total. The number of nitro benzene ring substituents is 1. The van der Waals surface area contributed by atoms with Crippen LogP contribution >= 0.6 is 0 Å². The van der Waals surface area contributed by atoms with Crippen LogP contribution in [-0.2, 0) is 0 Å². The van der Waals surface area contributed by atoms with Gasteiger partial charge in [-0.25, -0.2) is 4.98 Å². The first-order valence-electron chi connectivity index (χ1n) is 7.15. The van der Waals surface area contributed by atoms with Crippen LogP contribution in [0.4, 0.5) is 5.69 Å². The summed E-state index contributed by atoms with van der Waals surface area (Å²) in [7, 11) is 0. The van der Waals surface area contributed by atoms with Crippen molar-refractivity contribution in [3.63, 3.8) is 0 Å². The van der Waals surface area contributed by atoms with Crippen molar-refractivity contribution >= 4 is 5.69 Å². The van der Waals surface area contributed by atoms with Crippen LogP contribution in [0.2, 0.25) is 0 Å². The van der Waals surface area contributed by atoms with Crippen molar-refractivity contribution in [2.24, 2.45) is 0 Å². The van der Waals surface area contributed by atoms with Gasteiger partial charge in [0.05, 0.1) is 23.0 Å². The second-order valence-corrected chi connectivity index (χ2v) is 5.04. The molecule has 0 saturated carbocycles. The molecule has 1 aromatic carbocycles. The van der Waals surface area contributed by atoms with Gasteiger partial charge in [0, 0.05) is 6.07 Å². The first-order valence-corrected chi connectivity index (χ1v) is 7.15. The van der Waals surface area contributed by atoms with Gasteiger partial charge in [0.15, 0.2) is 11.5 Å². The molecule has 0 bridgehead atoms. The predicted molar refractivity (Wildman–Crippen MR) is 86.1 cm³/mol. The molecule has 0 aliphatic heterocycles. The number of H-pyrrole nitrogens is 1. The Kier molecular flexibility index (Phi) is 3.24. The Hall–Kier alpha value is -3.61. The highest BCUT2D eigenvalue weighted by Crippen LogP contribution is 2.35. The van der Waals surface area contributed by atoms with E-state index in [1.54, 1.807) is 55.0 Å². The van der Waals surface area contributed by atoms with Crippen LogP contribution in [0.5, 0.6) is 0 Å². The molecule has 0 spiro atoms. The molecule has 0 aliphatic carbocycles. The number of furan rings is 2. The summed E-state index contributed by atoms with van der Waals surface area (Å²) in [4.78, 5) is 18.5. The van der Waals surface area contributed by atoms with Crippen molar-refractivity contribution in [3.8, 4) is 34.3 Å². The Morgan fingerprint density at radius 1 is 0.958 bits per heavy atom. The minimum atomic E-state index is -0.434. The van der Waals surface area contributed by atoms with E-state index in [0.717, 1.165) is 0 Å². The lowest BCUT2D eigenvalue weighted by atomic mass is 10.2. The molecule has 0 atom stereocenters. The maximum atomic E-state index is 11.3. The van der Waals surface area contributed by atoms with Crippen LogP contribution in [0.1, 0.15) is 0 Å². The molecule has 0 radical (unpaired) electrons. The number of hydrogen-bond acceptors (Lipinski definition) is 5. The second kappa shape index (κ2) is 5.54. The fourth-order valence-corrected chi connectivity index (χ4v) is 2.52. The molecule has 3 heterocycles. The number of para-hydroxylation sites is 1. The van der Waals surface area contributed by atoms with E-state index >= 15 is 0 Å². The van der Waals surface area contributed by atoms with Crippen molar-refractivity contribution in [3.05, 3.63) is 71.2 Å². The maximum absolute atomic E-state index is 11.3. The molecular formula is C17H11N3O4. The number of imidazole rings is 1. The number of aromatic amines is 1. The van der Waals surface area contributed by atoms with Gasteiger partial charge < -0.3 is 13.8 Å². The lowest BCUT2D eigenvalue weighted by Gasteiger charge is -1.98. The van der Waals surface area contributed by atoms with E-state index in [2.05, 4.69) is 9.97 Å². The monoisotopic (exact) mass is 321 g/mol. The van der Waals surface area contributed by atoms with Crippen LogP contribution < -0.4 is 0 Å². The maximum Gasteiger partial charge on any atom is 0.280 e. The summed E-state index contributed by atoms with van der Waals surface area (Å²) in [5, 5.41) is 11.3. The first kappa shape index (κ1) is 14.0. The van der Waals surface area contributed by atoms with Gasteiger partial charge in [0.1, 0.15) is 17.2 Å². The minimum absolute atomic E-state index is 0.0248. The van der Waals surface area contributed by atoms with Crippen LogP contribution in [-0.4, -0.2) is 14.9 Å². The largest absolute Gasteiger partial charge is 0.463 e. The third-order valence-corrected chi connectivity index (χ3v) is 3.58. The Balaban J connectivity index is 1.93. The fourth-order valence-electron chi connectivity index (χ4n) is 2.52. The average Bonchev–Trinajstić information content (AvgIpc) is 3.33. The number of nitrogens with one attached hydrogen (secondary N) is 1.